The fourth-order valence-electron chi connectivity index (χ4n) is 1.85. The van der Waals surface area contributed by atoms with E-state index in [1.54, 1.807) is 13.2 Å². The van der Waals surface area contributed by atoms with Gasteiger partial charge < -0.3 is 10.1 Å². The van der Waals surface area contributed by atoms with E-state index in [1.807, 2.05) is 35.7 Å². The van der Waals surface area contributed by atoms with Crippen molar-refractivity contribution in [1.82, 2.24) is 5.32 Å². The monoisotopic (exact) mass is 323 g/mol. The van der Waals surface area contributed by atoms with Gasteiger partial charge in [-0.3, -0.25) is 9.00 Å². The van der Waals surface area contributed by atoms with Crippen molar-refractivity contribution in [3.63, 3.8) is 0 Å². The molecule has 6 heteroatoms. The molecule has 0 spiro atoms. The number of hydrogen-bond acceptors (Lipinski definition) is 4. The summed E-state index contributed by atoms with van der Waals surface area (Å²) in [5.41, 5.74) is 2.05. The smallest absolute Gasteiger partial charge is 0.233 e. The SMILES string of the molecule is COCc1ccccc1CNC(=O)C[S@](=O)c1cccs1. The van der Waals surface area contributed by atoms with Crippen LogP contribution in [0.4, 0.5) is 0 Å². The maximum atomic E-state index is 11.9. The van der Waals surface area contributed by atoms with E-state index in [0.717, 1.165) is 15.3 Å². The molecule has 4 nitrogen and oxygen atoms in total. The predicted molar refractivity (Wildman–Crippen MR) is 84.6 cm³/mol. The summed E-state index contributed by atoms with van der Waals surface area (Å²) in [7, 11) is 0.371. The van der Waals surface area contributed by atoms with Crippen LogP contribution in [0.15, 0.2) is 46.0 Å². The van der Waals surface area contributed by atoms with Gasteiger partial charge in [-0.1, -0.05) is 30.3 Å². The van der Waals surface area contributed by atoms with E-state index in [0.29, 0.717) is 13.2 Å². The van der Waals surface area contributed by atoms with Crippen molar-refractivity contribution in [2.45, 2.75) is 17.4 Å². The van der Waals surface area contributed by atoms with Crippen LogP contribution >= 0.6 is 11.3 Å². The van der Waals surface area contributed by atoms with Gasteiger partial charge in [-0.25, -0.2) is 0 Å². The highest BCUT2D eigenvalue weighted by atomic mass is 32.2. The molecular weight excluding hydrogens is 306 g/mol. The number of amides is 1. The number of methoxy groups -OCH3 is 1. The summed E-state index contributed by atoms with van der Waals surface area (Å²) in [6, 6.07) is 11.4. The van der Waals surface area contributed by atoms with Gasteiger partial charge in [-0.05, 0) is 22.6 Å². The third kappa shape index (κ3) is 4.77. The summed E-state index contributed by atoms with van der Waals surface area (Å²) in [4.78, 5) is 11.9. The highest BCUT2D eigenvalue weighted by Crippen LogP contribution is 2.14. The van der Waals surface area contributed by atoms with E-state index in [4.69, 9.17) is 4.74 Å². The molecule has 2 aromatic rings. The van der Waals surface area contributed by atoms with Crippen molar-refractivity contribution in [2.75, 3.05) is 12.9 Å². The van der Waals surface area contributed by atoms with E-state index in [2.05, 4.69) is 5.32 Å². The summed E-state index contributed by atoms with van der Waals surface area (Å²) in [6.07, 6.45) is 0. The Balaban J connectivity index is 1.88. The average molecular weight is 323 g/mol. The molecule has 0 aliphatic rings. The second kappa shape index (κ2) is 8.07. The van der Waals surface area contributed by atoms with E-state index >= 15 is 0 Å². The predicted octanol–water partition coefficient (Wildman–Crippen LogP) is 2.32. The van der Waals surface area contributed by atoms with Gasteiger partial charge in [-0.15, -0.1) is 11.3 Å². The number of benzene rings is 1. The Morgan fingerprint density at radius 1 is 1.24 bits per heavy atom. The van der Waals surface area contributed by atoms with Crippen LogP contribution < -0.4 is 5.32 Å². The van der Waals surface area contributed by atoms with Crippen LogP contribution in [0.2, 0.25) is 0 Å². The summed E-state index contributed by atoms with van der Waals surface area (Å²) in [5.74, 6) is -0.221. The molecule has 1 heterocycles. The summed E-state index contributed by atoms with van der Waals surface area (Å²) in [6.45, 7) is 0.924. The first-order valence-electron chi connectivity index (χ1n) is 6.45. The number of carbonyl (C=O) groups excluding carboxylic acids is 1. The van der Waals surface area contributed by atoms with Gasteiger partial charge in [0.15, 0.2) is 0 Å². The van der Waals surface area contributed by atoms with Gasteiger partial charge in [0.2, 0.25) is 5.91 Å². The zero-order valence-electron chi connectivity index (χ0n) is 11.7. The maximum Gasteiger partial charge on any atom is 0.233 e. The Morgan fingerprint density at radius 3 is 2.67 bits per heavy atom. The molecule has 0 saturated carbocycles. The molecule has 1 N–H and O–H groups in total. The summed E-state index contributed by atoms with van der Waals surface area (Å²) < 4.78 is 17.8. The molecule has 1 atom stereocenters. The molecule has 1 aromatic carbocycles. The highest BCUT2D eigenvalue weighted by Gasteiger charge is 2.11. The molecule has 1 amide bonds. The molecule has 0 unspecified atom stereocenters. The Hall–Kier alpha value is -1.50. The zero-order chi connectivity index (χ0) is 15.1. The minimum absolute atomic E-state index is 0.00699. The van der Waals surface area contributed by atoms with Gasteiger partial charge in [0.25, 0.3) is 0 Å². The second-order valence-electron chi connectivity index (χ2n) is 4.40. The van der Waals surface area contributed by atoms with Crippen LogP contribution in [0.1, 0.15) is 11.1 Å². The van der Waals surface area contributed by atoms with Crippen molar-refractivity contribution >= 4 is 28.0 Å². The number of ether oxygens (including phenoxy) is 1. The normalized spacial score (nSPS) is 12.0. The van der Waals surface area contributed by atoms with Gasteiger partial charge in [0.05, 0.1) is 21.6 Å². The van der Waals surface area contributed by atoms with Crippen LogP contribution in [-0.2, 0) is 33.5 Å². The van der Waals surface area contributed by atoms with Crippen molar-refractivity contribution in [3.05, 3.63) is 52.9 Å². The first kappa shape index (κ1) is 15.9. The van der Waals surface area contributed by atoms with E-state index < -0.39 is 10.8 Å². The highest BCUT2D eigenvalue weighted by molar-refractivity contribution is 7.88. The molecule has 0 saturated heterocycles. The minimum Gasteiger partial charge on any atom is -0.380 e. The van der Waals surface area contributed by atoms with Crippen LogP contribution in [0.5, 0.6) is 0 Å². The number of nitrogens with one attached hydrogen (secondary N) is 1. The molecule has 112 valence electrons. The fourth-order valence-corrected chi connectivity index (χ4v) is 3.79. The van der Waals surface area contributed by atoms with Gasteiger partial charge in [0, 0.05) is 13.7 Å². The molecule has 21 heavy (non-hydrogen) atoms. The summed E-state index contributed by atoms with van der Waals surface area (Å²) in [5, 5.41) is 4.66. The second-order valence-corrected chi connectivity index (χ2v) is 7.03. The molecule has 1 aromatic heterocycles. The number of thiophene rings is 1. The number of carbonyl (C=O) groups is 1. The standard InChI is InChI=1S/C15H17NO3S2/c1-19-10-13-6-3-2-5-12(13)9-16-14(17)11-21(18)15-7-4-8-20-15/h2-8H,9-11H2,1H3,(H,16,17)/t21-/m0/s1. The topological polar surface area (TPSA) is 55.4 Å². The van der Waals surface area contributed by atoms with Crippen molar-refractivity contribution in [2.24, 2.45) is 0 Å². The van der Waals surface area contributed by atoms with Crippen molar-refractivity contribution in [3.8, 4) is 0 Å². The fraction of sp³-hybridized carbons (Fsp3) is 0.267. The van der Waals surface area contributed by atoms with Crippen molar-refractivity contribution in [1.29, 1.82) is 0 Å². The number of hydrogen-bond donors (Lipinski definition) is 1. The van der Waals surface area contributed by atoms with E-state index in [-0.39, 0.29) is 11.7 Å². The van der Waals surface area contributed by atoms with Crippen LogP contribution in [0.25, 0.3) is 0 Å². The van der Waals surface area contributed by atoms with E-state index in [1.165, 1.54) is 11.3 Å². The summed E-state index contributed by atoms with van der Waals surface area (Å²) >= 11 is 1.40. The van der Waals surface area contributed by atoms with Crippen LogP contribution in [0.3, 0.4) is 0 Å². The lowest BCUT2D eigenvalue weighted by Crippen LogP contribution is -2.28. The molecule has 0 aliphatic heterocycles. The Labute approximate surface area is 130 Å². The Bertz CT molecular complexity index is 611. The molecule has 0 bridgehead atoms. The van der Waals surface area contributed by atoms with Crippen molar-refractivity contribution < 1.29 is 13.7 Å². The minimum atomic E-state index is -1.27. The average Bonchev–Trinajstić information content (AvgIpc) is 3.01. The Kier molecular flexibility index (Phi) is 6.10. The van der Waals surface area contributed by atoms with Gasteiger partial charge >= 0.3 is 0 Å². The molecule has 2 rings (SSSR count). The van der Waals surface area contributed by atoms with Gasteiger partial charge in [0.1, 0.15) is 5.75 Å². The largest absolute Gasteiger partial charge is 0.380 e. The lowest BCUT2D eigenvalue weighted by molar-refractivity contribution is -0.118. The molecule has 0 radical (unpaired) electrons. The molecule has 0 aliphatic carbocycles. The first-order chi connectivity index (χ1) is 10.2. The number of rotatable bonds is 7. The Morgan fingerprint density at radius 2 is 2.00 bits per heavy atom. The quantitative estimate of drug-likeness (QED) is 0.851. The third-order valence-corrected chi connectivity index (χ3v) is 5.49. The van der Waals surface area contributed by atoms with Crippen LogP contribution in [-0.4, -0.2) is 23.0 Å². The van der Waals surface area contributed by atoms with Crippen LogP contribution in [0, 0.1) is 0 Å². The first-order valence-corrected chi connectivity index (χ1v) is 8.65. The lowest BCUT2D eigenvalue weighted by atomic mass is 10.1. The van der Waals surface area contributed by atoms with E-state index in [9.17, 15) is 9.00 Å². The maximum absolute atomic E-state index is 11.9. The lowest BCUT2D eigenvalue weighted by Gasteiger charge is -2.09. The van der Waals surface area contributed by atoms with Gasteiger partial charge in [-0.2, -0.15) is 0 Å². The third-order valence-electron chi connectivity index (χ3n) is 2.88. The molecule has 0 fully saturated rings. The molecular formula is C15H17NO3S2. The zero-order valence-corrected chi connectivity index (χ0v) is 13.3.